The predicted octanol–water partition coefficient (Wildman–Crippen LogP) is 4.06. The summed E-state index contributed by atoms with van der Waals surface area (Å²) >= 11 is 5.55. The summed E-state index contributed by atoms with van der Waals surface area (Å²) in [4.78, 5) is 22.7. The van der Waals surface area contributed by atoms with Crippen molar-refractivity contribution in [3.05, 3.63) is 31.8 Å². The highest BCUT2D eigenvalue weighted by Crippen LogP contribution is 2.20. The Balaban J connectivity index is 2.45. The van der Waals surface area contributed by atoms with E-state index < -0.39 is 5.97 Å². The second-order valence-electron chi connectivity index (χ2n) is 4.88. The van der Waals surface area contributed by atoms with Crippen LogP contribution in [0.3, 0.4) is 0 Å². The molecule has 6 heteroatoms. The minimum Gasteiger partial charge on any atom is -0.481 e. The Morgan fingerprint density at radius 1 is 1.38 bits per heavy atom. The van der Waals surface area contributed by atoms with Gasteiger partial charge in [0, 0.05) is 21.0 Å². The summed E-state index contributed by atoms with van der Waals surface area (Å²) in [5, 5.41) is 11.6. The van der Waals surface area contributed by atoms with E-state index in [1.807, 2.05) is 25.1 Å². The number of hydrogen-bond acceptors (Lipinski definition) is 2. The van der Waals surface area contributed by atoms with E-state index >= 15 is 0 Å². The zero-order valence-electron chi connectivity index (χ0n) is 11.9. The highest BCUT2D eigenvalue weighted by atomic mass is 127. The van der Waals surface area contributed by atoms with Crippen LogP contribution in [0.5, 0.6) is 0 Å². The highest BCUT2D eigenvalue weighted by molar-refractivity contribution is 14.1. The number of rotatable bonds is 8. The fourth-order valence-corrected chi connectivity index (χ4v) is 2.95. The molecular weight excluding hydrogens is 449 g/mol. The van der Waals surface area contributed by atoms with Gasteiger partial charge in [-0.25, -0.2) is 0 Å². The Kier molecular flexibility index (Phi) is 8.24. The maximum Gasteiger partial charge on any atom is 0.303 e. The lowest BCUT2D eigenvalue weighted by Gasteiger charge is -2.14. The van der Waals surface area contributed by atoms with Crippen LogP contribution in [0.2, 0.25) is 0 Å². The van der Waals surface area contributed by atoms with Gasteiger partial charge in [-0.05, 0) is 75.5 Å². The number of amides is 1. The largest absolute Gasteiger partial charge is 0.481 e. The number of nitrogens with one attached hydrogen (secondary N) is 1. The minimum atomic E-state index is -0.764. The van der Waals surface area contributed by atoms with E-state index in [0.29, 0.717) is 24.4 Å². The van der Waals surface area contributed by atoms with Crippen LogP contribution in [0.25, 0.3) is 0 Å². The van der Waals surface area contributed by atoms with E-state index in [-0.39, 0.29) is 12.3 Å². The smallest absolute Gasteiger partial charge is 0.303 e. The molecule has 1 rings (SSSR count). The number of carbonyl (C=O) groups excluding carboxylic acids is 1. The molecule has 116 valence electrons. The standard InChI is InChI=1S/C15H19BrINO3/c1-2-10(3-6-14(19)20)7-8-18-15(21)12-9-11(17)4-5-13(12)16/h4-5,9-10H,2-3,6-8H2,1H3,(H,18,21)(H,19,20). The number of benzene rings is 1. The van der Waals surface area contributed by atoms with E-state index in [4.69, 9.17) is 5.11 Å². The summed E-state index contributed by atoms with van der Waals surface area (Å²) < 4.78 is 1.78. The molecule has 1 atom stereocenters. The third-order valence-corrected chi connectivity index (χ3v) is 4.72. The van der Waals surface area contributed by atoms with Gasteiger partial charge in [-0.3, -0.25) is 9.59 Å². The number of carboxylic acid groups (broad SMARTS) is 1. The average Bonchev–Trinajstić information content (AvgIpc) is 2.44. The third-order valence-electron chi connectivity index (χ3n) is 3.35. The first-order valence-electron chi connectivity index (χ1n) is 6.89. The molecule has 0 bridgehead atoms. The SMILES string of the molecule is CCC(CCNC(=O)c1cc(I)ccc1Br)CCC(=O)O. The Morgan fingerprint density at radius 2 is 2.10 bits per heavy atom. The molecule has 0 aliphatic heterocycles. The zero-order chi connectivity index (χ0) is 15.8. The molecule has 4 nitrogen and oxygen atoms in total. The van der Waals surface area contributed by atoms with Gasteiger partial charge in [-0.15, -0.1) is 0 Å². The number of aliphatic carboxylic acids is 1. The molecule has 21 heavy (non-hydrogen) atoms. The van der Waals surface area contributed by atoms with Crippen molar-refractivity contribution < 1.29 is 14.7 Å². The van der Waals surface area contributed by atoms with Crippen molar-refractivity contribution in [1.82, 2.24) is 5.32 Å². The van der Waals surface area contributed by atoms with Crippen molar-refractivity contribution >= 4 is 50.4 Å². The number of carboxylic acids is 1. The molecule has 0 radical (unpaired) electrons. The molecule has 1 aromatic carbocycles. The zero-order valence-corrected chi connectivity index (χ0v) is 15.6. The first kappa shape index (κ1) is 18.4. The monoisotopic (exact) mass is 467 g/mol. The van der Waals surface area contributed by atoms with Crippen LogP contribution in [-0.4, -0.2) is 23.5 Å². The van der Waals surface area contributed by atoms with Crippen LogP contribution < -0.4 is 5.32 Å². The van der Waals surface area contributed by atoms with Crippen molar-refractivity contribution in [2.45, 2.75) is 32.6 Å². The first-order valence-corrected chi connectivity index (χ1v) is 8.76. The van der Waals surface area contributed by atoms with Crippen molar-refractivity contribution in [2.24, 2.45) is 5.92 Å². The normalized spacial score (nSPS) is 12.0. The maximum absolute atomic E-state index is 12.1. The fraction of sp³-hybridized carbons (Fsp3) is 0.467. The molecule has 0 saturated carbocycles. The van der Waals surface area contributed by atoms with Gasteiger partial charge in [0.05, 0.1) is 5.56 Å². The molecule has 0 saturated heterocycles. The molecule has 0 fully saturated rings. The lowest BCUT2D eigenvalue weighted by molar-refractivity contribution is -0.137. The van der Waals surface area contributed by atoms with Gasteiger partial charge in [0.1, 0.15) is 0 Å². The third kappa shape index (κ3) is 6.78. The van der Waals surface area contributed by atoms with E-state index in [1.54, 1.807) is 0 Å². The van der Waals surface area contributed by atoms with Crippen LogP contribution in [-0.2, 0) is 4.79 Å². The van der Waals surface area contributed by atoms with Crippen LogP contribution in [0.1, 0.15) is 43.0 Å². The van der Waals surface area contributed by atoms with Gasteiger partial charge in [0.25, 0.3) is 5.91 Å². The lowest BCUT2D eigenvalue weighted by atomic mass is 9.96. The van der Waals surface area contributed by atoms with Gasteiger partial charge in [0.2, 0.25) is 0 Å². The molecule has 2 N–H and O–H groups in total. The fourth-order valence-electron chi connectivity index (χ4n) is 2.04. The van der Waals surface area contributed by atoms with Gasteiger partial charge in [0.15, 0.2) is 0 Å². The average molecular weight is 468 g/mol. The summed E-state index contributed by atoms with van der Waals surface area (Å²) in [6.45, 7) is 2.61. The molecule has 1 unspecified atom stereocenters. The molecule has 0 aliphatic rings. The Hall–Kier alpha value is -0.630. The molecule has 0 heterocycles. The summed E-state index contributed by atoms with van der Waals surface area (Å²) in [5.74, 6) is -0.533. The lowest BCUT2D eigenvalue weighted by Crippen LogP contribution is -2.26. The Bertz CT molecular complexity index is 508. The summed E-state index contributed by atoms with van der Waals surface area (Å²) in [7, 11) is 0. The van der Waals surface area contributed by atoms with Crippen molar-refractivity contribution in [1.29, 1.82) is 0 Å². The summed E-state index contributed by atoms with van der Waals surface area (Å²) in [6, 6.07) is 5.63. The van der Waals surface area contributed by atoms with Gasteiger partial charge >= 0.3 is 5.97 Å². The van der Waals surface area contributed by atoms with E-state index in [2.05, 4.69) is 43.8 Å². The van der Waals surface area contributed by atoms with Crippen LogP contribution in [0.15, 0.2) is 22.7 Å². The molecular formula is C15H19BrINO3. The Labute approximate surface area is 147 Å². The van der Waals surface area contributed by atoms with Crippen molar-refractivity contribution in [3.8, 4) is 0 Å². The quantitative estimate of drug-likeness (QED) is 0.566. The second-order valence-corrected chi connectivity index (χ2v) is 6.98. The van der Waals surface area contributed by atoms with E-state index in [9.17, 15) is 9.59 Å². The van der Waals surface area contributed by atoms with Crippen molar-refractivity contribution in [2.75, 3.05) is 6.54 Å². The van der Waals surface area contributed by atoms with Gasteiger partial charge < -0.3 is 10.4 Å². The number of hydrogen-bond donors (Lipinski definition) is 2. The molecule has 1 aromatic rings. The number of halogens is 2. The highest BCUT2D eigenvalue weighted by Gasteiger charge is 2.12. The van der Waals surface area contributed by atoms with Crippen LogP contribution >= 0.6 is 38.5 Å². The molecule has 1 amide bonds. The molecule has 0 spiro atoms. The molecule has 0 aliphatic carbocycles. The van der Waals surface area contributed by atoms with Crippen LogP contribution in [0, 0.1) is 9.49 Å². The van der Waals surface area contributed by atoms with Gasteiger partial charge in [-0.2, -0.15) is 0 Å². The van der Waals surface area contributed by atoms with Gasteiger partial charge in [-0.1, -0.05) is 13.3 Å². The minimum absolute atomic E-state index is 0.103. The second kappa shape index (κ2) is 9.40. The topological polar surface area (TPSA) is 66.4 Å². The molecule has 0 aromatic heterocycles. The number of carbonyl (C=O) groups is 2. The van der Waals surface area contributed by atoms with E-state index in [0.717, 1.165) is 20.9 Å². The van der Waals surface area contributed by atoms with Crippen LogP contribution in [0.4, 0.5) is 0 Å². The summed E-state index contributed by atoms with van der Waals surface area (Å²) in [5.41, 5.74) is 0.625. The summed E-state index contributed by atoms with van der Waals surface area (Å²) in [6.07, 6.45) is 2.58. The van der Waals surface area contributed by atoms with E-state index in [1.165, 1.54) is 0 Å². The maximum atomic E-state index is 12.1. The van der Waals surface area contributed by atoms with Crippen molar-refractivity contribution in [3.63, 3.8) is 0 Å². The predicted molar refractivity (Wildman–Crippen MR) is 94.5 cm³/mol. The first-order chi connectivity index (χ1) is 9.93. The Morgan fingerprint density at radius 3 is 2.71 bits per heavy atom.